The highest BCUT2D eigenvalue weighted by atomic mass is 31.2. The first-order valence-electron chi connectivity index (χ1n) is 31.2. The minimum Gasteiger partial charge on any atom is -0.756 e. The number of phosphoric acid groups is 1. The summed E-state index contributed by atoms with van der Waals surface area (Å²) in [5, 5.41) is 3.01. The highest BCUT2D eigenvalue weighted by molar-refractivity contribution is 7.45. The van der Waals surface area contributed by atoms with Crippen molar-refractivity contribution >= 4 is 19.7 Å². The zero-order valence-corrected chi connectivity index (χ0v) is 51.3. The molecule has 0 spiro atoms. The molecule has 1 amide bonds. The molecule has 0 aliphatic heterocycles. The first-order valence-corrected chi connectivity index (χ1v) is 32.7. The molecule has 0 radical (unpaired) electrons. The molecule has 442 valence electrons. The number of ether oxygens (including phenoxy) is 1. The Kier molecular flexibility index (Phi) is 53.5. The molecule has 0 fully saturated rings. The molecule has 0 heterocycles. The second kappa shape index (κ2) is 56.0. The molecular formula is C67H117N2O7P. The van der Waals surface area contributed by atoms with Crippen LogP contribution in [0.1, 0.15) is 252 Å². The third kappa shape index (κ3) is 57.2. The summed E-state index contributed by atoms with van der Waals surface area (Å²) in [6.07, 6.45) is 76.2. The van der Waals surface area contributed by atoms with E-state index in [4.69, 9.17) is 13.8 Å². The van der Waals surface area contributed by atoms with E-state index in [1.165, 1.54) is 77.0 Å². The number of nitrogens with one attached hydrogen (secondary N) is 1. The maximum Gasteiger partial charge on any atom is 0.306 e. The summed E-state index contributed by atoms with van der Waals surface area (Å²) in [5.74, 6) is -0.589. The molecule has 0 aliphatic carbocycles. The number of amides is 1. The third-order valence-corrected chi connectivity index (χ3v) is 14.2. The number of nitrogens with zero attached hydrogens (tertiary/aromatic N) is 1. The molecule has 0 aromatic rings. The van der Waals surface area contributed by atoms with E-state index in [0.29, 0.717) is 23.9 Å². The SMILES string of the molecule is CC/C=C\C/C=C\C/C=C\C/C=C\C/C=C\C/C=C\CCCCCCC(=O)NC(COP(=O)([O-])OCC[N+](C)(C)C)C(/C=C\CCCCCCCCCCCCC)OC(=O)CCCCCCCC/C=C/C=C/CCCCC. The van der Waals surface area contributed by atoms with Gasteiger partial charge < -0.3 is 28.5 Å². The van der Waals surface area contributed by atoms with Crippen molar-refractivity contribution in [1.29, 1.82) is 0 Å². The van der Waals surface area contributed by atoms with Crippen LogP contribution < -0.4 is 10.2 Å². The van der Waals surface area contributed by atoms with Crippen molar-refractivity contribution in [3.05, 3.63) is 109 Å². The number of carbonyl (C=O) groups is 2. The first kappa shape index (κ1) is 73.7. The van der Waals surface area contributed by atoms with E-state index in [9.17, 15) is 19.0 Å². The molecule has 0 saturated heterocycles. The predicted octanol–water partition coefficient (Wildman–Crippen LogP) is 18.7. The standard InChI is InChI=1S/C67H117N2O7P/c1-7-10-13-16-19-22-25-28-30-31-32-33-34-35-36-37-39-41-44-47-50-53-56-59-66(70)68-64(63-75-77(72,73)74-62-61-69(4,5)6)65(58-55-52-49-46-43-40-27-24-21-18-15-12-9-3)76-67(71)60-57-54-51-48-45-42-38-29-26-23-20-17-14-11-8-2/h10,13,19-20,22-23,26,28-30,32-33,35-36,39,41,55,58,64-65H,7-9,11-12,14-18,21,24-25,27,31,34,37-38,40,42-54,56-57,59-63H2,1-6H3,(H-,68,70,72,73)/b13-10-,22-19-,23-20+,29-26+,30-28-,33-32-,36-35-,41-39-,58-55-. The fourth-order valence-electron chi connectivity index (χ4n) is 8.40. The minimum atomic E-state index is -4.72. The number of quaternary nitrogens is 1. The van der Waals surface area contributed by atoms with Gasteiger partial charge in [0, 0.05) is 12.8 Å². The van der Waals surface area contributed by atoms with Gasteiger partial charge in [-0.05, 0) is 109 Å². The molecule has 10 heteroatoms. The average Bonchev–Trinajstić information content (AvgIpc) is 3.39. The summed E-state index contributed by atoms with van der Waals surface area (Å²) in [4.78, 5) is 40.0. The Balaban J connectivity index is 5.34. The zero-order chi connectivity index (χ0) is 56.4. The first-order chi connectivity index (χ1) is 37.4. The van der Waals surface area contributed by atoms with Gasteiger partial charge in [-0.15, -0.1) is 0 Å². The zero-order valence-electron chi connectivity index (χ0n) is 50.4. The van der Waals surface area contributed by atoms with Crippen molar-refractivity contribution in [1.82, 2.24) is 5.32 Å². The molecule has 0 bridgehead atoms. The van der Waals surface area contributed by atoms with Gasteiger partial charge in [0.1, 0.15) is 19.3 Å². The van der Waals surface area contributed by atoms with Gasteiger partial charge in [0.15, 0.2) is 0 Å². The molecule has 0 aromatic heterocycles. The van der Waals surface area contributed by atoms with Gasteiger partial charge in [0.05, 0.1) is 33.8 Å². The summed E-state index contributed by atoms with van der Waals surface area (Å²) in [5.41, 5.74) is 0. The Hall–Kier alpha value is -3.33. The summed E-state index contributed by atoms with van der Waals surface area (Å²) in [6, 6.07) is -0.914. The highest BCUT2D eigenvalue weighted by Crippen LogP contribution is 2.38. The van der Waals surface area contributed by atoms with E-state index in [1.54, 1.807) is 0 Å². The van der Waals surface area contributed by atoms with Crippen LogP contribution in [0, 0.1) is 0 Å². The lowest BCUT2D eigenvalue weighted by molar-refractivity contribution is -0.870. The maximum atomic E-state index is 13.5. The number of allylic oxidation sites excluding steroid dienone is 17. The lowest BCUT2D eigenvalue weighted by Crippen LogP contribution is -2.47. The lowest BCUT2D eigenvalue weighted by Gasteiger charge is -2.30. The van der Waals surface area contributed by atoms with Crippen LogP contribution in [-0.2, 0) is 27.9 Å². The fourth-order valence-corrected chi connectivity index (χ4v) is 9.12. The summed E-state index contributed by atoms with van der Waals surface area (Å²) >= 11 is 0. The van der Waals surface area contributed by atoms with Gasteiger partial charge in [-0.25, -0.2) is 0 Å². The van der Waals surface area contributed by atoms with Gasteiger partial charge in [-0.3, -0.25) is 14.2 Å². The molecule has 0 aromatic carbocycles. The van der Waals surface area contributed by atoms with E-state index in [-0.39, 0.29) is 31.3 Å². The number of hydrogen-bond donors (Lipinski definition) is 1. The summed E-state index contributed by atoms with van der Waals surface area (Å²) < 4.78 is 30.3. The summed E-state index contributed by atoms with van der Waals surface area (Å²) in [7, 11) is 1.15. The predicted molar refractivity (Wildman–Crippen MR) is 330 cm³/mol. The van der Waals surface area contributed by atoms with Crippen molar-refractivity contribution in [3.8, 4) is 0 Å². The number of hydrogen-bond acceptors (Lipinski definition) is 7. The topological polar surface area (TPSA) is 114 Å². The lowest BCUT2D eigenvalue weighted by atomic mass is 10.0. The Morgan fingerprint density at radius 3 is 1.35 bits per heavy atom. The number of carbonyl (C=O) groups excluding carboxylic acids is 2. The third-order valence-electron chi connectivity index (χ3n) is 13.2. The van der Waals surface area contributed by atoms with Crippen LogP contribution in [-0.4, -0.2) is 69.4 Å². The van der Waals surface area contributed by atoms with Crippen LogP contribution in [0.25, 0.3) is 0 Å². The second-order valence-electron chi connectivity index (χ2n) is 21.9. The van der Waals surface area contributed by atoms with Gasteiger partial charge in [0.2, 0.25) is 5.91 Å². The molecular weight excluding hydrogens is 976 g/mol. The molecule has 0 rings (SSSR count). The average molecular weight is 1090 g/mol. The van der Waals surface area contributed by atoms with E-state index in [0.717, 1.165) is 128 Å². The van der Waals surface area contributed by atoms with Crippen LogP contribution in [0.5, 0.6) is 0 Å². The van der Waals surface area contributed by atoms with Crippen LogP contribution in [0.4, 0.5) is 0 Å². The molecule has 9 nitrogen and oxygen atoms in total. The smallest absolute Gasteiger partial charge is 0.306 e. The molecule has 3 atom stereocenters. The minimum absolute atomic E-state index is 0.0351. The molecule has 1 N–H and O–H groups in total. The van der Waals surface area contributed by atoms with Crippen molar-refractivity contribution in [2.45, 2.75) is 264 Å². The maximum absolute atomic E-state index is 13.5. The van der Waals surface area contributed by atoms with E-state index >= 15 is 0 Å². The number of rotatable bonds is 55. The largest absolute Gasteiger partial charge is 0.756 e. The molecule has 3 unspecified atom stereocenters. The fraction of sp³-hybridized carbons (Fsp3) is 0.701. The van der Waals surface area contributed by atoms with Crippen LogP contribution in [0.3, 0.4) is 0 Å². The van der Waals surface area contributed by atoms with Gasteiger partial charge in [-0.2, -0.15) is 0 Å². The number of unbranched alkanes of at least 4 members (excludes halogenated alkanes) is 24. The van der Waals surface area contributed by atoms with Gasteiger partial charge >= 0.3 is 5.97 Å². The Morgan fingerprint density at radius 2 is 0.870 bits per heavy atom. The summed E-state index contributed by atoms with van der Waals surface area (Å²) in [6.45, 7) is 6.66. The Labute approximate surface area is 474 Å². The van der Waals surface area contributed by atoms with Crippen LogP contribution in [0.2, 0.25) is 0 Å². The number of esters is 1. The Morgan fingerprint density at radius 1 is 0.481 bits per heavy atom. The van der Waals surface area contributed by atoms with Crippen LogP contribution >= 0.6 is 7.82 Å². The number of likely N-dealkylation sites (N-methyl/N-ethyl adjacent to an activating group) is 1. The van der Waals surface area contributed by atoms with Crippen molar-refractivity contribution in [2.75, 3.05) is 40.9 Å². The van der Waals surface area contributed by atoms with E-state index in [2.05, 4.69) is 123 Å². The van der Waals surface area contributed by atoms with Crippen LogP contribution in [0.15, 0.2) is 109 Å². The van der Waals surface area contributed by atoms with E-state index < -0.39 is 26.6 Å². The molecule has 0 aliphatic rings. The molecule has 77 heavy (non-hydrogen) atoms. The second-order valence-corrected chi connectivity index (χ2v) is 23.3. The van der Waals surface area contributed by atoms with Gasteiger partial charge in [0.25, 0.3) is 7.82 Å². The quantitative estimate of drug-likeness (QED) is 0.0161. The van der Waals surface area contributed by atoms with Crippen molar-refractivity contribution < 1.29 is 37.3 Å². The van der Waals surface area contributed by atoms with Crippen molar-refractivity contribution in [2.24, 2.45) is 0 Å². The van der Waals surface area contributed by atoms with E-state index in [1.807, 2.05) is 33.3 Å². The number of phosphoric ester groups is 1. The Bertz CT molecular complexity index is 1690. The van der Waals surface area contributed by atoms with Gasteiger partial charge in [-0.1, -0.05) is 240 Å². The highest BCUT2D eigenvalue weighted by Gasteiger charge is 2.27. The van der Waals surface area contributed by atoms with Crippen molar-refractivity contribution in [3.63, 3.8) is 0 Å². The molecule has 0 saturated carbocycles. The normalized spacial score (nSPS) is 14.4. The monoisotopic (exact) mass is 1090 g/mol.